The second-order valence-electron chi connectivity index (χ2n) is 17.4. The van der Waals surface area contributed by atoms with Crippen LogP contribution in [0.15, 0.2) is 140 Å². The first-order valence-electron chi connectivity index (χ1n) is 21.8. The molecule has 0 fully saturated rings. The van der Waals surface area contributed by atoms with Crippen molar-refractivity contribution in [2.45, 2.75) is 59.9 Å². The minimum Gasteiger partial charge on any atom is -0.393 e. The SMILES string of the molecule is FC(F)(F)c1cc([B-](c2cc(C(F)(F)F)cc(C(F)(F)F)c2)(c2cc(C(F)(F)F)cc(C(F)(F)F)c2)c2cc(C(F)(F)F)cc(C(F)(F)F)c2)cc(C(F)(F)F)c1.O=C(C[n+]1c(OC(Cl)(Cl)Cl)ccc2ccccc21)c1ccccc1. The summed E-state index contributed by atoms with van der Waals surface area (Å²) in [6, 6.07) is 11.4. The van der Waals surface area contributed by atoms with Crippen LogP contribution in [0.3, 0.4) is 0 Å². The Balaban J connectivity index is 0.000000363. The fourth-order valence-corrected chi connectivity index (χ4v) is 8.78. The number of rotatable bonds is 8. The van der Waals surface area contributed by atoms with Crippen molar-refractivity contribution in [2.24, 2.45) is 0 Å². The topological polar surface area (TPSA) is 30.2 Å². The van der Waals surface area contributed by atoms with E-state index in [1.807, 2.05) is 48.5 Å². The number of para-hydroxylation sites is 1. The summed E-state index contributed by atoms with van der Waals surface area (Å²) in [4.78, 5) is 12.6. The maximum atomic E-state index is 14.2. The van der Waals surface area contributed by atoms with Gasteiger partial charge in [-0.3, -0.25) is 4.79 Å². The van der Waals surface area contributed by atoms with Crippen LogP contribution in [0.1, 0.15) is 54.9 Å². The minimum atomic E-state index is -6.13. The average molecular weight is 1240 g/mol. The molecule has 1 aromatic heterocycles. The van der Waals surface area contributed by atoms with E-state index in [2.05, 4.69) is 0 Å². The molecule has 3 nitrogen and oxygen atoms in total. The van der Waals surface area contributed by atoms with Crippen molar-refractivity contribution < 1.29 is 119 Å². The lowest BCUT2D eigenvalue weighted by Crippen LogP contribution is -2.75. The third-order valence-electron chi connectivity index (χ3n) is 12.0. The molecule has 0 radical (unpaired) electrons. The van der Waals surface area contributed by atoms with Crippen LogP contribution in [0.5, 0.6) is 5.88 Å². The van der Waals surface area contributed by atoms with E-state index < -0.39 is 199 Å². The molecule has 81 heavy (non-hydrogen) atoms. The Morgan fingerprint density at radius 2 is 0.642 bits per heavy atom. The molecule has 0 N–H and O–H groups in total. The molecule has 0 amide bonds. The second-order valence-corrected chi connectivity index (χ2v) is 19.6. The van der Waals surface area contributed by atoms with E-state index in [4.69, 9.17) is 39.5 Å². The molecular weight excluding hydrogens is 1220 g/mol. The van der Waals surface area contributed by atoms with Crippen LogP contribution in [-0.2, 0) is 56.0 Å². The number of hydrogen-bond acceptors (Lipinski definition) is 2. The molecule has 0 unspecified atom stereocenters. The highest BCUT2D eigenvalue weighted by Gasteiger charge is 2.47. The molecule has 1 heterocycles. The largest absolute Gasteiger partial charge is 0.416 e. The van der Waals surface area contributed by atoms with Gasteiger partial charge in [-0.2, -0.15) is 132 Å². The van der Waals surface area contributed by atoms with Crippen LogP contribution in [0.2, 0.25) is 0 Å². The third-order valence-corrected chi connectivity index (χ3v) is 12.2. The first kappa shape index (κ1) is 63.6. The Kier molecular flexibility index (Phi) is 17.3. The predicted molar refractivity (Wildman–Crippen MR) is 246 cm³/mol. The zero-order valence-corrected chi connectivity index (χ0v) is 41.3. The number of hydrogen-bond donors (Lipinski definition) is 0. The van der Waals surface area contributed by atoms with Gasteiger partial charge in [0.2, 0.25) is 17.8 Å². The Bertz CT molecular complexity index is 3010. The molecule has 6 aromatic carbocycles. The van der Waals surface area contributed by atoms with Crippen molar-refractivity contribution in [1.29, 1.82) is 0 Å². The summed E-state index contributed by atoms with van der Waals surface area (Å²) >= 11 is 17.3. The van der Waals surface area contributed by atoms with Gasteiger partial charge in [0.05, 0.1) is 50.6 Å². The van der Waals surface area contributed by atoms with Crippen molar-refractivity contribution in [1.82, 2.24) is 0 Å². The lowest BCUT2D eigenvalue weighted by atomic mass is 9.12. The molecule has 0 bridgehead atoms. The number of Topliss-reactive ketones (excluding diaryl/α,β-unsaturated/α-hetero) is 1. The summed E-state index contributed by atoms with van der Waals surface area (Å²) in [6.45, 7) is 0.0709. The highest BCUT2D eigenvalue weighted by Crippen LogP contribution is 2.42. The highest BCUT2D eigenvalue weighted by atomic mass is 35.6. The predicted octanol–water partition coefficient (Wildman–Crippen LogP) is 15.9. The monoisotopic (exact) mass is 1240 g/mol. The van der Waals surface area contributed by atoms with Crippen molar-refractivity contribution in [3.63, 3.8) is 0 Å². The molecule has 0 aliphatic rings. The number of fused-ring (bicyclic) bond motifs is 1. The zero-order valence-electron chi connectivity index (χ0n) is 39.0. The van der Waals surface area contributed by atoms with Gasteiger partial charge < -0.3 is 4.74 Å². The van der Waals surface area contributed by atoms with Gasteiger partial charge in [-0.05, 0) is 71.2 Å². The fourth-order valence-electron chi connectivity index (χ4n) is 8.54. The Labute approximate surface area is 453 Å². The molecule has 0 aliphatic carbocycles. The molecule has 7 aromatic rings. The first-order chi connectivity index (χ1) is 36.7. The molecule has 0 aliphatic heterocycles. The average Bonchev–Trinajstić information content (AvgIpc) is 3.32. The van der Waals surface area contributed by atoms with Crippen LogP contribution >= 0.6 is 34.8 Å². The van der Waals surface area contributed by atoms with Gasteiger partial charge in [-0.15, -0.1) is 0 Å². The molecule has 0 saturated carbocycles. The number of alkyl halides is 27. The van der Waals surface area contributed by atoms with E-state index in [-0.39, 0.29) is 12.3 Å². The van der Waals surface area contributed by atoms with Crippen LogP contribution in [0.4, 0.5) is 105 Å². The second kappa shape index (κ2) is 22.0. The van der Waals surface area contributed by atoms with Gasteiger partial charge in [0, 0.05) is 17.0 Å². The summed E-state index contributed by atoms with van der Waals surface area (Å²) < 4.78 is 346. The maximum absolute atomic E-state index is 14.2. The summed E-state index contributed by atoms with van der Waals surface area (Å²) in [7, 11) is 0. The van der Waals surface area contributed by atoms with E-state index in [0.29, 0.717) is 11.4 Å². The van der Waals surface area contributed by atoms with Crippen LogP contribution < -0.4 is 31.2 Å². The Morgan fingerprint density at radius 1 is 0.370 bits per heavy atom. The first-order valence-corrected chi connectivity index (χ1v) is 22.9. The number of pyridine rings is 1. The number of halogens is 27. The Hall–Kier alpha value is -6.55. The summed E-state index contributed by atoms with van der Waals surface area (Å²) in [5.74, 6) is 0.240. The fraction of sp³-hybridized carbons (Fsp3) is 0.200. The number of benzene rings is 6. The summed E-state index contributed by atoms with van der Waals surface area (Å²) in [6.07, 6.45) is -54.8. The minimum absolute atomic E-state index is 0.0638. The van der Waals surface area contributed by atoms with Gasteiger partial charge in [-0.25, -0.2) is 0 Å². The van der Waals surface area contributed by atoms with Crippen molar-refractivity contribution in [3.05, 3.63) is 190 Å². The normalized spacial score (nSPS) is 13.5. The molecule has 7 rings (SSSR count). The van der Waals surface area contributed by atoms with Crippen LogP contribution in [-0.4, -0.2) is 15.9 Å². The van der Waals surface area contributed by atoms with Crippen molar-refractivity contribution >= 4 is 79.5 Å². The third kappa shape index (κ3) is 14.9. The lowest BCUT2D eigenvalue weighted by Gasteiger charge is -2.46. The quantitative estimate of drug-likeness (QED) is 0.0499. The molecule has 0 atom stereocenters. The zero-order chi connectivity index (χ0) is 61.1. The van der Waals surface area contributed by atoms with E-state index in [1.165, 1.54) is 0 Å². The standard InChI is InChI=1S/C32H12BF24.C18H13Cl3NO2/c34-25(35,36)13-1-14(26(37,38)39)6-21(5-13)33(22-7-15(27(40,41)42)2-16(8-22)28(43,44)45,23-9-17(29(46,47)48)3-18(10-23)30(49,50)51)24-11-19(31(52,53)54)4-20(12-24)32(55,56)57;19-18(20,21)24-17-11-10-13-6-4-5-9-15(13)22(17)12-16(23)14-7-2-1-3-8-14/h1-12H;1-11H,12H2/q-1;+1. The smallest absolute Gasteiger partial charge is 0.393 e. The summed E-state index contributed by atoms with van der Waals surface area (Å²) in [5.41, 5.74) is -28.8. The number of carbonyl (C=O) groups excluding carboxylic acids is 1. The van der Waals surface area contributed by atoms with Crippen molar-refractivity contribution in [2.75, 3.05) is 0 Å². The molecular formula is C50H25BCl3F24NO2. The number of carbonyl (C=O) groups is 1. The number of ketones is 1. The van der Waals surface area contributed by atoms with Gasteiger partial charge in [0.25, 0.3) is 0 Å². The molecule has 0 spiro atoms. The highest BCUT2D eigenvalue weighted by molar-refractivity contribution is 7.20. The maximum Gasteiger partial charge on any atom is 0.416 e. The number of aromatic nitrogens is 1. The molecule has 31 heteroatoms. The molecule has 434 valence electrons. The van der Waals surface area contributed by atoms with Gasteiger partial charge in [0.15, 0.2) is 0 Å². The summed E-state index contributed by atoms with van der Waals surface area (Å²) in [5, 5.41) is 0.954. The van der Waals surface area contributed by atoms with E-state index in [1.54, 1.807) is 22.8 Å². The van der Waals surface area contributed by atoms with Gasteiger partial charge in [0.1, 0.15) is 6.15 Å². The van der Waals surface area contributed by atoms with E-state index in [0.717, 1.165) is 10.9 Å². The molecule has 0 saturated heterocycles. The van der Waals surface area contributed by atoms with E-state index in [9.17, 15) is 110 Å². The lowest BCUT2D eigenvalue weighted by molar-refractivity contribution is -0.663. The van der Waals surface area contributed by atoms with Crippen LogP contribution in [0.25, 0.3) is 10.9 Å². The van der Waals surface area contributed by atoms with Crippen molar-refractivity contribution in [3.8, 4) is 5.88 Å². The Morgan fingerprint density at radius 3 is 0.914 bits per heavy atom. The van der Waals surface area contributed by atoms with Crippen LogP contribution in [0, 0.1) is 0 Å². The van der Waals surface area contributed by atoms with E-state index >= 15 is 0 Å². The number of ether oxygens (including phenoxy) is 1. The van der Waals surface area contributed by atoms with Gasteiger partial charge >= 0.3 is 59.3 Å². The van der Waals surface area contributed by atoms with Gasteiger partial charge in [-0.1, -0.05) is 91.0 Å². The number of nitrogens with zero attached hydrogens (tertiary/aromatic N) is 1.